The molecule has 0 unspecified atom stereocenters. The van der Waals surface area contributed by atoms with Gasteiger partial charge in [-0.05, 0) is 98.4 Å². The summed E-state index contributed by atoms with van der Waals surface area (Å²) in [5.41, 5.74) is 3.25. The first-order chi connectivity index (χ1) is 15.6. The maximum Gasteiger partial charge on any atom is 0.0811 e. The fraction of sp³-hybridized carbons (Fsp3) is 0.793. The Morgan fingerprint density at radius 2 is 1.94 bits per heavy atom. The summed E-state index contributed by atoms with van der Waals surface area (Å²) < 4.78 is 0. The van der Waals surface area contributed by atoms with Crippen LogP contribution in [0.15, 0.2) is 35.5 Å². The van der Waals surface area contributed by atoms with Crippen molar-refractivity contribution in [3.63, 3.8) is 0 Å². The number of fused-ring (bicyclic) bond motifs is 1. The van der Waals surface area contributed by atoms with E-state index < -0.39 is 17.8 Å². The standard InChI is InChI=1S/C29H48O3S/c1-6-29(32,7-2)16-9-17-33-21(4)25-13-14-26-22(10-8-15-28(25,26)5)11-12-23-18-24(30)19-27(31)20(23)3/h11-12,21,24-27,30-32H,3,6-10,13-19H2,1-2,4-5H3/t21-,24+,25+,26-,27-,28+/m0/s1. The van der Waals surface area contributed by atoms with Crippen molar-refractivity contribution in [2.75, 3.05) is 5.75 Å². The topological polar surface area (TPSA) is 60.7 Å². The number of aliphatic hydroxyl groups is 3. The molecule has 0 aromatic heterocycles. The number of hydrogen-bond donors (Lipinski definition) is 3. The highest BCUT2D eigenvalue weighted by Crippen LogP contribution is 2.59. The van der Waals surface area contributed by atoms with E-state index in [0.29, 0.717) is 29.4 Å². The van der Waals surface area contributed by atoms with Gasteiger partial charge in [-0.1, -0.05) is 52.0 Å². The van der Waals surface area contributed by atoms with Crippen molar-refractivity contribution in [2.24, 2.45) is 17.3 Å². The van der Waals surface area contributed by atoms with Gasteiger partial charge in [-0.2, -0.15) is 11.8 Å². The van der Waals surface area contributed by atoms with Gasteiger partial charge in [0.25, 0.3) is 0 Å². The molecule has 3 rings (SSSR count). The first-order valence-electron chi connectivity index (χ1n) is 13.4. The van der Waals surface area contributed by atoms with Crippen LogP contribution in [0.3, 0.4) is 0 Å². The Morgan fingerprint density at radius 1 is 1.21 bits per heavy atom. The minimum absolute atomic E-state index is 0.366. The molecule has 6 atom stereocenters. The number of allylic oxidation sites excluding steroid dienone is 3. The molecule has 3 N–H and O–H groups in total. The molecule has 3 fully saturated rings. The van der Waals surface area contributed by atoms with E-state index in [4.69, 9.17) is 0 Å². The number of aliphatic hydroxyl groups excluding tert-OH is 2. The van der Waals surface area contributed by atoms with Crippen LogP contribution in [0.4, 0.5) is 0 Å². The number of hydrogen-bond acceptors (Lipinski definition) is 4. The molecular formula is C29H48O3S. The normalized spacial score (nSPS) is 36.4. The van der Waals surface area contributed by atoms with Crippen LogP contribution in [0.1, 0.15) is 98.3 Å². The van der Waals surface area contributed by atoms with E-state index in [1.165, 1.54) is 32.1 Å². The smallest absolute Gasteiger partial charge is 0.0811 e. The van der Waals surface area contributed by atoms with Crippen LogP contribution in [-0.2, 0) is 0 Å². The van der Waals surface area contributed by atoms with E-state index in [1.807, 2.05) is 0 Å². The summed E-state index contributed by atoms with van der Waals surface area (Å²) in [4.78, 5) is 0. The Bertz CT molecular complexity index is 737. The third-order valence-electron chi connectivity index (χ3n) is 9.35. The average molecular weight is 477 g/mol. The van der Waals surface area contributed by atoms with Gasteiger partial charge in [0.05, 0.1) is 17.8 Å². The molecule has 3 saturated carbocycles. The zero-order chi connectivity index (χ0) is 24.2. The summed E-state index contributed by atoms with van der Waals surface area (Å²) in [5.74, 6) is 2.53. The zero-order valence-electron chi connectivity index (χ0n) is 21.5. The molecule has 0 aromatic rings. The fourth-order valence-corrected chi connectivity index (χ4v) is 8.27. The Kier molecular flexibility index (Phi) is 9.39. The molecule has 3 nitrogen and oxygen atoms in total. The lowest BCUT2D eigenvalue weighted by Gasteiger charge is -2.44. The molecule has 0 amide bonds. The first kappa shape index (κ1) is 27.0. The molecule has 3 aliphatic carbocycles. The van der Waals surface area contributed by atoms with Crippen LogP contribution in [0.25, 0.3) is 0 Å². The predicted molar refractivity (Wildman–Crippen MR) is 141 cm³/mol. The van der Waals surface area contributed by atoms with E-state index in [2.05, 4.69) is 58.2 Å². The van der Waals surface area contributed by atoms with Crippen molar-refractivity contribution in [3.8, 4) is 0 Å². The molecule has 188 valence electrons. The van der Waals surface area contributed by atoms with Gasteiger partial charge < -0.3 is 15.3 Å². The summed E-state index contributed by atoms with van der Waals surface area (Å²) in [5, 5.41) is 31.5. The Labute approximate surface area is 206 Å². The highest BCUT2D eigenvalue weighted by molar-refractivity contribution is 7.99. The second kappa shape index (κ2) is 11.5. The summed E-state index contributed by atoms with van der Waals surface area (Å²) in [6.45, 7) is 13.2. The summed E-state index contributed by atoms with van der Waals surface area (Å²) in [6, 6.07) is 0. The van der Waals surface area contributed by atoms with Crippen molar-refractivity contribution < 1.29 is 15.3 Å². The van der Waals surface area contributed by atoms with Gasteiger partial charge in [0.1, 0.15) is 0 Å². The van der Waals surface area contributed by atoms with Crippen LogP contribution < -0.4 is 0 Å². The molecule has 0 saturated heterocycles. The van der Waals surface area contributed by atoms with Gasteiger partial charge in [0, 0.05) is 11.7 Å². The molecule has 0 heterocycles. The largest absolute Gasteiger partial charge is 0.393 e. The second-order valence-corrected chi connectivity index (χ2v) is 12.8. The van der Waals surface area contributed by atoms with Crippen LogP contribution >= 0.6 is 11.8 Å². The Morgan fingerprint density at radius 3 is 2.64 bits per heavy atom. The van der Waals surface area contributed by atoms with Gasteiger partial charge >= 0.3 is 0 Å². The minimum atomic E-state index is -0.616. The maximum absolute atomic E-state index is 10.6. The third kappa shape index (κ3) is 6.18. The predicted octanol–water partition coefficient (Wildman–Crippen LogP) is 6.58. The van der Waals surface area contributed by atoms with Gasteiger partial charge in [-0.15, -0.1) is 0 Å². The van der Waals surface area contributed by atoms with Crippen molar-refractivity contribution in [2.45, 2.75) is 121 Å². The fourth-order valence-electron chi connectivity index (χ4n) is 6.91. The Hall–Kier alpha value is -0.550. The molecule has 0 radical (unpaired) electrons. The van der Waals surface area contributed by atoms with E-state index >= 15 is 0 Å². The molecule has 3 aliphatic rings. The van der Waals surface area contributed by atoms with Gasteiger partial charge in [0.2, 0.25) is 0 Å². The van der Waals surface area contributed by atoms with E-state index in [-0.39, 0.29) is 0 Å². The average Bonchev–Trinajstić information content (AvgIpc) is 3.15. The monoisotopic (exact) mass is 476 g/mol. The molecule has 33 heavy (non-hydrogen) atoms. The van der Waals surface area contributed by atoms with Gasteiger partial charge in [-0.3, -0.25) is 0 Å². The summed E-state index contributed by atoms with van der Waals surface area (Å²) in [6.07, 6.45) is 14.4. The molecule has 0 aliphatic heterocycles. The van der Waals surface area contributed by atoms with Crippen LogP contribution in [0, 0.1) is 17.3 Å². The van der Waals surface area contributed by atoms with Crippen LogP contribution in [-0.4, -0.2) is 44.1 Å². The quantitative estimate of drug-likeness (QED) is 0.329. The number of rotatable bonds is 9. The lowest BCUT2D eigenvalue weighted by molar-refractivity contribution is 0.0232. The van der Waals surface area contributed by atoms with Crippen molar-refractivity contribution >= 4 is 11.8 Å². The molecule has 0 bridgehead atoms. The molecule has 0 aromatic carbocycles. The van der Waals surface area contributed by atoms with Crippen LogP contribution in [0.5, 0.6) is 0 Å². The van der Waals surface area contributed by atoms with E-state index in [0.717, 1.165) is 48.5 Å². The third-order valence-corrected chi connectivity index (χ3v) is 10.7. The Balaban J connectivity index is 1.62. The van der Waals surface area contributed by atoms with Crippen molar-refractivity contribution in [1.82, 2.24) is 0 Å². The van der Waals surface area contributed by atoms with E-state index in [1.54, 1.807) is 5.57 Å². The van der Waals surface area contributed by atoms with E-state index in [9.17, 15) is 15.3 Å². The molecule has 0 spiro atoms. The lowest BCUT2D eigenvalue weighted by Crippen LogP contribution is -2.37. The minimum Gasteiger partial charge on any atom is -0.393 e. The first-order valence-corrected chi connectivity index (χ1v) is 14.5. The number of thioether (sulfide) groups is 1. The van der Waals surface area contributed by atoms with Crippen molar-refractivity contribution in [1.29, 1.82) is 0 Å². The SMILES string of the molecule is C=C1C(=CC=C2CCC[C@]3(C)[C@@H]([C@H](C)SCCCC(O)(CC)CC)CC[C@@H]23)C[C@@H](O)C[C@@H]1O. The van der Waals surface area contributed by atoms with Gasteiger partial charge in [-0.25, -0.2) is 0 Å². The highest BCUT2D eigenvalue weighted by atomic mass is 32.2. The molecule has 4 heteroatoms. The van der Waals surface area contributed by atoms with Crippen molar-refractivity contribution in [3.05, 3.63) is 35.5 Å². The second-order valence-electron chi connectivity index (χ2n) is 11.3. The summed E-state index contributed by atoms with van der Waals surface area (Å²) in [7, 11) is 0. The lowest BCUT2D eigenvalue weighted by atomic mass is 9.63. The highest BCUT2D eigenvalue weighted by Gasteiger charge is 2.50. The zero-order valence-corrected chi connectivity index (χ0v) is 22.3. The van der Waals surface area contributed by atoms with Gasteiger partial charge in [0.15, 0.2) is 0 Å². The maximum atomic E-state index is 10.6. The van der Waals surface area contributed by atoms with Crippen LogP contribution in [0.2, 0.25) is 0 Å². The summed E-state index contributed by atoms with van der Waals surface area (Å²) >= 11 is 2.12. The molecular weight excluding hydrogens is 428 g/mol.